The van der Waals surface area contributed by atoms with Gasteiger partial charge in [-0.05, 0) is 54.8 Å². The second-order valence-corrected chi connectivity index (χ2v) is 6.92. The molecule has 2 amide bonds. The maximum absolute atomic E-state index is 14.2. The molecule has 0 spiro atoms. The molecule has 1 aliphatic heterocycles. The maximum Gasteiger partial charge on any atom is 0.259 e. The monoisotopic (exact) mass is 396 g/mol. The van der Waals surface area contributed by atoms with Gasteiger partial charge in [-0.15, -0.1) is 0 Å². The van der Waals surface area contributed by atoms with E-state index >= 15 is 0 Å². The van der Waals surface area contributed by atoms with Crippen LogP contribution in [0.15, 0.2) is 42.6 Å². The van der Waals surface area contributed by atoms with Crippen molar-refractivity contribution in [3.63, 3.8) is 0 Å². The van der Waals surface area contributed by atoms with Crippen LogP contribution in [0.5, 0.6) is 0 Å². The quantitative estimate of drug-likeness (QED) is 0.705. The van der Waals surface area contributed by atoms with E-state index < -0.39 is 17.5 Å². The lowest BCUT2D eigenvalue weighted by Crippen LogP contribution is -2.13. The molecule has 1 aromatic heterocycles. The number of nitrogens with zero attached hydrogens (tertiary/aromatic N) is 2. The summed E-state index contributed by atoms with van der Waals surface area (Å²) < 4.78 is 29.2. The molecular formula is C21H18F2N4O2. The van der Waals surface area contributed by atoms with E-state index in [2.05, 4.69) is 15.7 Å². The van der Waals surface area contributed by atoms with Gasteiger partial charge in [-0.3, -0.25) is 14.3 Å². The number of halogens is 2. The van der Waals surface area contributed by atoms with Crippen molar-refractivity contribution in [3.05, 3.63) is 65.4 Å². The Morgan fingerprint density at radius 1 is 1.17 bits per heavy atom. The van der Waals surface area contributed by atoms with Gasteiger partial charge < -0.3 is 10.6 Å². The molecule has 2 aromatic carbocycles. The summed E-state index contributed by atoms with van der Waals surface area (Å²) in [5.41, 5.74) is 2.30. The first kappa shape index (κ1) is 18.8. The summed E-state index contributed by atoms with van der Waals surface area (Å²) in [6.07, 6.45) is 3.35. The van der Waals surface area contributed by atoms with Crippen LogP contribution in [0.25, 0.3) is 11.3 Å². The molecular weight excluding hydrogens is 378 g/mol. The number of amides is 2. The number of benzene rings is 2. The Morgan fingerprint density at radius 2 is 2.00 bits per heavy atom. The molecule has 0 aliphatic carbocycles. The first-order valence-corrected chi connectivity index (χ1v) is 9.14. The Balaban J connectivity index is 1.64. The maximum atomic E-state index is 14.2. The van der Waals surface area contributed by atoms with E-state index in [-0.39, 0.29) is 22.7 Å². The van der Waals surface area contributed by atoms with Crippen molar-refractivity contribution in [2.75, 3.05) is 10.6 Å². The van der Waals surface area contributed by atoms with E-state index in [4.69, 9.17) is 0 Å². The summed E-state index contributed by atoms with van der Waals surface area (Å²) in [7, 11) is 1.60. The Labute approximate surface area is 165 Å². The molecule has 0 atom stereocenters. The van der Waals surface area contributed by atoms with Crippen molar-refractivity contribution >= 4 is 23.2 Å². The molecule has 4 rings (SSSR count). The first-order valence-electron chi connectivity index (χ1n) is 9.14. The van der Waals surface area contributed by atoms with E-state index in [9.17, 15) is 18.4 Å². The first-order chi connectivity index (χ1) is 13.9. The third-order valence-electron chi connectivity index (χ3n) is 4.74. The van der Waals surface area contributed by atoms with Gasteiger partial charge in [0.1, 0.15) is 17.3 Å². The number of nitrogens with one attached hydrogen (secondary N) is 2. The van der Waals surface area contributed by atoms with E-state index in [0.717, 1.165) is 35.9 Å². The number of fused-ring (bicyclic) bond motifs is 1. The summed E-state index contributed by atoms with van der Waals surface area (Å²) in [5.74, 6) is -1.81. The molecule has 0 saturated heterocycles. The molecule has 2 heterocycles. The van der Waals surface area contributed by atoms with E-state index in [1.54, 1.807) is 25.2 Å². The van der Waals surface area contributed by atoms with Crippen LogP contribution in [0, 0.1) is 11.6 Å². The summed E-state index contributed by atoms with van der Waals surface area (Å²) in [6.45, 7) is 0. The minimum absolute atomic E-state index is 0.0299. The highest BCUT2D eigenvalue weighted by Crippen LogP contribution is 2.28. The topological polar surface area (TPSA) is 76.0 Å². The smallest absolute Gasteiger partial charge is 0.259 e. The van der Waals surface area contributed by atoms with Crippen LogP contribution >= 0.6 is 0 Å². The Kier molecular flexibility index (Phi) is 4.84. The van der Waals surface area contributed by atoms with Gasteiger partial charge in [0.15, 0.2) is 0 Å². The highest BCUT2D eigenvalue weighted by molar-refractivity contribution is 6.08. The number of hydrogen-bond donors (Lipinski definition) is 2. The minimum atomic E-state index is -0.667. The molecule has 8 heteroatoms. The summed E-state index contributed by atoms with van der Waals surface area (Å²) in [6, 6.07) is 8.25. The van der Waals surface area contributed by atoms with Crippen molar-refractivity contribution in [2.24, 2.45) is 7.05 Å². The number of aromatic nitrogens is 2. The van der Waals surface area contributed by atoms with Gasteiger partial charge in [0.05, 0.1) is 5.56 Å². The molecule has 1 aliphatic rings. The van der Waals surface area contributed by atoms with E-state index in [0.29, 0.717) is 18.5 Å². The van der Waals surface area contributed by atoms with Gasteiger partial charge in [-0.25, -0.2) is 8.78 Å². The number of rotatable bonds is 3. The fraction of sp³-hybridized carbons (Fsp3) is 0.190. The molecule has 148 valence electrons. The predicted octanol–water partition coefficient (Wildman–Crippen LogP) is 3.89. The molecule has 0 fully saturated rings. The van der Waals surface area contributed by atoms with Gasteiger partial charge in [-0.1, -0.05) is 0 Å². The van der Waals surface area contributed by atoms with Crippen molar-refractivity contribution in [1.29, 1.82) is 0 Å². The van der Waals surface area contributed by atoms with Crippen LogP contribution in [0.2, 0.25) is 0 Å². The highest BCUT2D eigenvalue weighted by atomic mass is 19.1. The average Bonchev–Trinajstić information content (AvgIpc) is 2.97. The zero-order valence-electron chi connectivity index (χ0n) is 15.6. The number of carbonyl (C=O) groups is 2. The van der Waals surface area contributed by atoms with Crippen LogP contribution in [0.4, 0.5) is 20.2 Å². The molecule has 0 unspecified atom stereocenters. The number of carbonyl (C=O) groups excluding carboxylic acids is 2. The Morgan fingerprint density at radius 3 is 2.83 bits per heavy atom. The molecule has 3 aromatic rings. The zero-order chi connectivity index (χ0) is 20.5. The van der Waals surface area contributed by atoms with Gasteiger partial charge >= 0.3 is 0 Å². The van der Waals surface area contributed by atoms with Crippen LogP contribution in [0.1, 0.15) is 28.8 Å². The number of aryl methyl sites for hydroxylation is 2. The number of hydrogen-bond acceptors (Lipinski definition) is 3. The minimum Gasteiger partial charge on any atom is -0.326 e. The van der Waals surface area contributed by atoms with Crippen LogP contribution in [-0.4, -0.2) is 21.6 Å². The van der Waals surface area contributed by atoms with Gasteiger partial charge in [-0.2, -0.15) is 5.10 Å². The summed E-state index contributed by atoms with van der Waals surface area (Å²) in [4.78, 5) is 24.5. The third-order valence-corrected chi connectivity index (χ3v) is 4.74. The van der Waals surface area contributed by atoms with Crippen LogP contribution in [-0.2, 0) is 18.3 Å². The lowest BCUT2D eigenvalue weighted by molar-refractivity contribution is -0.116. The average molecular weight is 396 g/mol. The fourth-order valence-electron chi connectivity index (χ4n) is 3.38. The normalized spacial score (nSPS) is 13.4. The molecule has 0 saturated carbocycles. The van der Waals surface area contributed by atoms with Crippen molar-refractivity contribution < 1.29 is 18.4 Å². The molecule has 0 bridgehead atoms. The van der Waals surface area contributed by atoms with E-state index in [1.165, 1.54) is 10.9 Å². The van der Waals surface area contributed by atoms with Crippen molar-refractivity contribution in [3.8, 4) is 11.3 Å². The largest absolute Gasteiger partial charge is 0.326 e. The molecule has 2 N–H and O–H groups in total. The summed E-state index contributed by atoms with van der Waals surface area (Å²) >= 11 is 0. The van der Waals surface area contributed by atoms with Gasteiger partial charge in [0.2, 0.25) is 5.91 Å². The second kappa shape index (κ2) is 7.46. The molecule has 29 heavy (non-hydrogen) atoms. The predicted molar refractivity (Wildman–Crippen MR) is 105 cm³/mol. The molecule has 0 radical (unpaired) electrons. The van der Waals surface area contributed by atoms with Crippen LogP contribution < -0.4 is 10.6 Å². The second-order valence-electron chi connectivity index (χ2n) is 6.92. The zero-order valence-corrected chi connectivity index (χ0v) is 15.6. The van der Waals surface area contributed by atoms with Gasteiger partial charge in [0.25, 0.3) is 5.91 Å². The van der Waals surface area contributed by atoms with Gasteiger partial charge in [0, 0.05) is 36.6 Å². The SMILES string of the molecule is Cn1cc(C(=O)Nc2ccc3c(c2)CCCC(=O)N3)c(-c2cc(F)ccc2F)n1. The van der Waals surface area contributed by atoms with E-state index in [1.807, 2.05) is 0 Å². The van der Waals surface area contributed by atoms with Crippen LogP contribution in [0.3, 0.4) is 0 Å². The van der Waals surface area contributed by atoms with Crippen molar-refractivity contribution in [1.82, 2.24) is 9.78 Å². The standard InChI is InChI=1S/C21H18F2N4O2/c1-27-11-16(20(26-27)15-10-13(22)5-7-17(15)23)21(29)24-14-6-8-18-12(9-14)3-2-4-19(28)25-18/h5-11H,2-4H2,1H3,(H,24,29)(H,25,28). The lowest BCUT2D eigenvalue weighted by Gasteiger charge is -2.11. The Hall–Kier alpha value is -3.55. The highest BCUT2D eigenvalue weighted by Gasteiger charge is 2.21. The third kappa shape index (κ3) is 3.87. The fourth-order valence-corrected chi connectivity index (χ4v) is 3.38. The number of anilines is 2. The summed E-state index contributed by atoms with van der Waals surface area (Å²) in [5, 5.41) is 9.75. The molecule has 6 nitrogen and oxygen atoms in total. The lowest BCUT2D eigenvalue weighted by atomic mass is 10.1. The Bertz CT molecular complexity index is 1120. The van der Waals surface area contributed by atoms with Crippen molar-refractivity contribution in [2.45, 2.75) is 19.3 Å².